The van der Waals surface area contributed by atoms with Gasteiger partial charge in [-0.1, -0.05) is 0 Å². The summed E-state index contributed by atoms with van der Waals surface area (Å²) in [6.07, 6.45) is 8.08. The highest BCUT2D eigenvalue weighted by atomic mass is 16.7. The van der Waals surface area contributed by atoms with Crippen LogP contribution in [0.15, 0.2) is 18.2 Å². The van der Waals surface area contributed by atoms with Crippen molar-refractivity contribution in [3.8, 4) is 5.75 Å². The summed E-state index contributed by atoms with van der Waals surface area (Å²) >= 11 is 0. The molecule has 1 aliphatic heterocycles. The van der Waals surface area contributed by atoms with Crippen LogP contribution in [0.1, 0.15) is 51.9 Å². The Labute approximate surface area is 144 Å². The summed E-state index contributed by atoms with van der Waals surface area (Å²) in [5, 5.41) is 3.59. The van der Waals surface area contributed by atoms with Gasteiger partial charge in [0, 0.05) is 18.7 Å². The molecule has 1 heterocycles. The number of nitrogens with one attached hydrogen (secondary N) is 1. The molecule has 24 heavy (non-hydrogen) atoms. The van der Waals surface area contributed by atoms with Crippen molar-refractivity contribution in [1.29, 1.82) is 0 Å². The van der Waals surface area contributed by atoms with Gasteiger partial charge in [-0.15, -0.1) is 0 Å². The van der Waals surface area contributed by atoms with Crippen molar-refractivity contribution in [2.45, 2.75) is 70.3 Å². The second kappa shape index (κ2) is 8.58. The molecule has 0 radical (unpaired) electrons. The zero-order chi connectivity index (χ0) is 16.8. The summed E-state index contributed by atoms with van der Waals surface area (Å²) in [6.45, 7) is 3.48. The van der Waals surface area contributed by atoms with Crippen LogP contribution in [0.2, 0.25) is 0 Å². The molecule has 1 aliphatic carbocycles. The number of benzene rings is 1. The van der Waals surface area contributed by atoms with Gasteiger partial charge >= 0.3 is 0 Å². The number of nitrogens with two attached hydrogens (primary N) is 1. The predicted molar refractivity (Wildman–Crippen MR) is 96.4 cm³/mol. The maximum absolute atomic E-state index is 6.17. The van der Waals surface area contributed by atoms with Crippen LogP contribution in [0.3, 0.4) is 0 Å². The molecular weight excluding hydrogens is 304 g/mol. The van der Waals surface area contributed by atoms with E-state index in [1.165, 1.54) is 12.8 Å². The second-order valence-corrected chi connectivity index (χ2v) is 6.74. The van der Waals surface area contributed by atoms with Crippen molar-refractivity contribution in [3.05, 3.63) is 18.2 Å². The topological polar surface area (TPSA) is 65.7 Å². The Morgan fingerprint density at radius 3 is 2.92 bits per heavy atom. The van der Waals surface area contributed by atoms with E-state index < -0.39 is 0 Å². The average Bonchev–Trinajstić information content (AvgIpc) is 2.59. The minimum atomic E-state index is -0.00569. The molecule has 134 valence electrons. The summed E-state index contributed by atoms with van der Waals surface area (Å²) in [5.74, 6) is 0.855. The van der Waals surface area contributed by atoms with Gasteiger partial charge in [-0.25, -0.2) is 0 Å². The van der Waals surface area contributed by atoms with Crippen molar-refractivity contribution in [2.75, 3.05) is 24.3 Å². The molecule has 2 fully saturated rings. The Kier molecular flexibility index (Phi) is 6.21. The Morgan fingerprint density at radius 1 is 1.21 bits per heavy atom. The van der Waals surface area contributed by atoms with E-state index in [1.54, 1.807) is 0 Å². The van der Waals surface area contributed by atoms with Crippen LogP contribution in [0, 0.1) is 0 Å². The molecule has 0 amide bonds. The van der Waals surface area contributed by atoms with Crippen LogP contribution in [-0.4, -0.2) is 31.6 Å². The van der Waals surface area contributed by atoms with Crippen molar-refractivity contribution < 1.29 is 14.2 Å². The number of nitrogen functional groups attached to an aromatic ring is 1. The first-order valence-electron chi connectivity index (χ1n) is 9.30. The van der Waals surface area contributed by atoms with Gasteiger partial charge in [-0.05, 0) is 64.0 Å². The van der Waals surface area contributed by atoms with Crippen LogP contribution < -0.4 is 15.8 Å². The molecule has 3 rings (SSSR count). The quantitative estimate of drug-likeness (QED) is 0.772. The Bertz CT molecular complexity index is 517. The van der Waals surface area contributed by atoms with E-state index in [2.05, 4.69) is 5.32 Å². The van der Waals surface area contributed by atoms with Gasteiger partial charge in [-0.3, -0.25) is 0 Å². The van der Waals surface area contributed by atoms with Crippen molar-refractivity contribution >= 4 is 11.4 Å². The fourth-order valence-electron chi connectivity index (χ4n) is 3.57. The lowest BCUT2D eigenvalue weighted by molar-refractivity contribution is -0.193. The van der Waals surface area contributed by atoms with E-state index in [1.807, 2.05) is 25.1 Å². The Morgan fingerprint density at radius 2 is 2.12 bits per heavy atom. The first kappa shape index (κ1) is 17.4. The summed E-state index contributed by atoms with van der Waals surface area (Å²) < 4.78 is 17.5. The summed E-state index contributed by atoms with van der Waals surface area (Å²) in [7, 11) is 0. The first-order valence-corrected chi connectivity index (χ1v) is 9.30. The molecule has 0 spiro atoms. The third kappa shape index (κ3) is 4.77. The lowest BCUT2D eigenvalue weighted by Crippen LogP contribution is -2.35. The van der Waals surface area contributed by atoms with Gasteiger partial charge in [0.05, 0.1) is 24.1 Å². The van der Waals surface area contributed by atoms with Crippen molar-refractivity contribution in [2.24, 2.45) is 0 Å². The molecule has 0 bridgehead atoms. The van der Waals surface area contributed by atoms with Crippen molar-refractivity contribution in [3.63, 3.8) is 0 Å². The Hall–Kier alpha value is -1.46. The van der Waals surface area contributed by atoms with Gasteiger partial charge < -0.3 is 25.3 Å². The van der Waals surface area contributed by atoms with Gasteiger partial charge in [-0.2, -0.15) is 0 Å². The van der Waals surface area contributed by atoms with E-state index >= 15 is 0 Å². The van der Waals surface area contributed by atoms with E-state index in [0.717, 1.165) is 55.8 Å². The highest BCUT2D eigenvalue weighted by Gasteiger charge is 2.26. The van der Waals surface area contributed by atoms with E-state index in [9.17, 15) is 0 Å². The predicted octanol–water partition coefficient (Wildman–Crippen LogP) is 3.93. The lowest BCUT2D eigenvalue weighted by Gasteiger charge is -2.34. The maximum Gasteiger partial charge on any atom is 0.157 e. The summed E-state index contributed by atoms with van der Waals surface area (Å²) in [5.41, 5.74) is 7.84. The number of hydrogen-bond acceptors (Lipinski definition) is 5. The highest BCUT2D eigenvalue weighted by molar-refractivity contribution is 5.68. The number of ether oxygens (including phenoxy) is 3. The number of anilines is 2. The summed E-state index contributed by atoms with van der Waals surface area (Å²) in [4.78, 5) is 0. The van der Waals surface area contributed by atoms with Crippen LogP contribution in [0.4, 0.5) is 11.4 Å². The normalized spacial score (nSPS) is 27.6. The Balaban J connectivity index is 1.55. The minimum absolute atomic E-state index is 0.00569. The second-order valence-electron chi connectivity index (χ2n) is 6.74. The summed E-state index contributed by atoms with van der Waals surface area (Å²) in [6, 6.07) is 6.19. The number of rotatable bonds is 6. The van der Waals surface area contributed by atoms with Gasteiger partial charge in [0.1, 0.15) is 5.75 Å². The van der Waals surface area contributed by atoms with E-state index in [0.29, 0.717) is 12.6 Å². The fraction of sp³-hybridized carbons (Fsp3) is 0.684. The van der Waals surface area contributed by atoms with E-state index in [4.69, 9.17) is 19.9 Å². The van der Waals surface area contributed by atoms with Gasteiger partial charge in [0.2, 0.25) is 0 Å². The maximum atomic E-state index is 6.17. The lowest BCUT2D eigenvalue weighted by atomic mass is 9.92. The first-order chi connectivity index (χ1) is 11.7. The number of hydrogen-bond donors (Lipinski definition) is 2. The van der Waals surface area contributed by atoms with E-state index in [-0.39, 0.29) is 12.4 Å². The van der Waals surface area contributed by atoms with Gasteiger partial charge in [0.25, 0.3) is 0 Å². The molecule has 5 nitrogen and oxygen atoms in total. The molecule has 1 saturated heterocycles. The van der Waals surface area contributed by atoms with Crippen LogP contribution >= 0.6 is 0 Å². The fourth-order valence-corrected chi connectivity index (χ4v) is 3.57. The van der Waals surface area contributed by atoms with Crippen molar-refractivity contribution in [1.82, 2.24) is 0 Å². The highest BCUT2D eigenvalue weighted by Crippen LogP contribution is 2.30. The standard InChI is InChI=1S/C19H30N2O3/c1-2-22-15-9-10-17(20)18(13-15)21-14-6-5-7-16(12-14)24-19-8-3-4-11-23-19/h9-10,13-14,16,19,21H,2-8,11-12,20H2,1H3/t14-,16?,19+/m0/s1. The molecule has 1 saturated carbocycles. The monoisotopic (exact) mass is 334 g/mol. The third-order valence-electron chi connectivity index (χ3n) is 4.80. The average molecular weight is 334 g/mol. The molecule has 2 aliphatic rings. The molecule has 5 heteroatoms. The molecule has 1 aromatic rings. The minimum Gasteiger partial charge on any atom is -0.494 e. The molecular formula is C19H30N2O3. The van der Waals surface area contributed by atoms with Crippen LogP contribution in [-0.2, 0) is 9.47 Å². The zero-order valence-electron chi connectivity index (χ0n) is 14.6. The smallest absolute Gasteiger partial charge is 0.157 e. The SMILES string of the molecule is CCOc1ccc(N)c(N[C@H]2CCCC(O[C@@H]3CCCCO3)C2)c1. The zero-order valence-corrected chi connectivity index (χ0v) is 14.6. The molecule has 1 aromatic carbocycles. The third-order valence-corrected chi connectivity index (χ3v) is 4.80. The molecule has 3 atom stereocenters. The van der Waals surface area contributed by atoms with Crippen LogP contribution in [0.25, 0.3) is 0 Å². The molecule has 0 aromatic heterocycles. The van der Waals surface area contributed by atoms with Gasteiger partial charge in [0.15, 0.2) is 6.29 Å². The molecule has 1 unspecified atom stereocenters. The largest absolute Gasteiger partial charge is 0.494 e. The molecule has 3 N–H and O–H groups in total. The van der Waals surface area contributed by atoms with Crippen LogP contribution in [0.5, 0.6) is 5.75 Å².